The van der Waals surface area contributed by atoms with Crippen LogP contribution >= 0.6 is 43.5 Å². The van der Waals surface area contributed by atoms with Crippen LogP contribution in [0.25, 0.3) is 0 Å². The van der Waals surface area contributed by atoms with Crippen LogP contribution in [0.4, 0.5) is 0 Å². The van der Waals surface area contributed by atoms with Crippen molar-refractivity contribution in [3.8, 4) is 0 Å². The average molecular weight is 406 g/mol. The summed E-state index contributed by atoms with van der Waals surface area (Å²) < 4.78 is 1.81. The van der Waals surface area contributed by atoms with Crippen LogP contribution in [0.5, 0.6) is 0 Å². The lowest BCUT2D eigenvalue weighted by molar-refractivity contribution is 0.546. The van der Waals surface area contributed by atoms with E-state index in [0.717, 1.165) is 20.2 Å². The van der Waals surface area contributed by atoms with E-state index < -0.39 is 0 Å². The summed E-state index contributed by atoms with van der Waals surface area (Å²) in [6.45, 7) is 0. The molecular formula is C13H12Br2ClN3. The minimum absolute atomic E-state index is 0.0846. The molecule has 100 valence electrons. The fraction of sp³-hybridized carbons (Fsp3) is 0.154. The van der Waals surface area contributed by atoms with Crippen molar-refractivity contribution in [1.29, 1.82) is 0 Å². The topological polar surface area (TPSA) is 50.9 Å². The van der Waals surface area contributed by atoms with Gasteiger partial charge in [0.2, 0.25) is 0 Å². The Morgan fingerprint density at radius 1 is 1.26 bits per heavy atom. The standard InChI is InChI=1S/C13H12Br2ClN3/c14-8-4-5-9(18-7-8)6-12(19-17)10-2-1-3-11(15)13(10)16/h1-5,7,12,19H,6,17H2. The highest BCUT2D eigenvalue weighted by Crippen LogP contribution is 2.31. The van der Waals surface area contributed by atoms with Crippen LogP contribution in [0.1, 0.15) is 17.3 Å². The van der Waals surface area contributed by atoms with Gasteiger partial charge in [0.1, 0.15) is 0 Å². The first kappa shape index (κ1) is 14.9. The van der Waals surface area contributed by atoms with Crippen molar-refractivity contribution in [2.45, 2.75) is 12.5 Å². The first-order valence-electron chi connectivity index (χ1n) is 5.62. The molecule has 0 spiro atoms. The van der Waals surface area contributed by atoms with E-state index in [-0.39, 0.29) is 6.04 Å². The molecule has 6 heteroatoms. The average Bonchev–Trinajstić information content (AvgIpc) is 2.42. The Bertz CT molecular complexity index is 560. The monoisotopic (exact) mass is 403 g/mol. The normalized spacial score (nSPS) is 12.4. The molecule has 0 amide bonds. The Balaban J connectivity index is 2.25. The van der Waals surface area contributed by atoms with E-state index in [1.165, 1.54) is 0 Å². The van der Waals surface area contributed by atoms with E-state index >= 15 is 0 Å². The van der Waals surface area contributed by atoms with Crippen molar-refractivity contribution in [2.24, 2.45) is 5.84 Å². The lowest BCUT2D eigenvalue weighted by Gasteiger charge is -2.18. The molecule has 1 aromatic carbocycles. The molecule has 1 unspecified atom stereocenters. The molecule has 2 rings (SSSR count). The van der Waals surface area contributed by atoms with Gasteiger partial charge in [-0.3, -0.25) is 16.3 Å². The number of nitrogens with zero attached hydrogens (tertiary/aromatic N) is 1. The van der Waals surface area contributed by atoms with Gasteiger partial charge in [0.15, 0.2) is 0 Å². The summed E-state index contributed by atoms with van der Waals surface area (Å²) in [6, 6.07) is 9.62. The summed E-state index contributed by atoms with van der Waals surface area (Å²) in [6.07, 6.45) is 2.44. The van der Waals surface area contributed by atoms with Gasteiger partial charge in [-0.1, -0.05) is 23.7 Å². The Hall–Kier alpha value is -0.460. The molecule has 0 aliphatic heterocycles. The number of aromatic nitrogens is 1. The molecule has 0 saturated carbocycles. The van der Waals surface area contributed by atoms with Crippen molar-refractivity contribution >= 4 is 43.5 Å². The third kappa shape index (κ3) is 3.77. The van der Waals surface area contributed by atoms with Gasteiger partial charge >= 0.3 is 0 Å². The first-order chi connectivity index (χ1) is 9.11. The highest BCUT2D eigenvalue weighted by Gasteiger charge is 2.16. The highest BCUT2D eigenvalue weighted by molar-refractivity contribution is 9.10. The predicted octanol–water partition coefficient (Wildman–Crippen LogP) is 4.01. The summed E-state index contributed by atoms with van der Waals surface area (Å²) >= 11 is 13.1. The fourth-order valence-corrected chi connectivity index (χ4v) is 2.66. The Morgan fingerprint density at radius 2 is 2.05 bits per heavy atom. The Morgan fingerprint density at radius 3 is 2.68 bits per heavy atom. The molecule has 2 aromatic rings. The van der Waals surface area contributed by atoms with Crippen molar-refractivity contribution in [3.05, 3.63) is 61.8 Å². The van der Waals surface area contributed by atoms with Crippen LogP contribution in [-0.4, -0.2) is 4.98 Å². The number of pyridine rings is 1. The van der Waals surface area contributed by atoms with E-state index in [9.17, 15) is 0 Å². The van der Waals surface area contributed by atoms with Gasteiger partial charge in [0.05, 0.1) is 11.1 Å². The Kier molecular flexibility index (Phi) is 5.36. The zero-order valence-electron chi connectivity index (χ0n) is 9.91. The van der Waals surface area contributed by atoms with Crippen LogP contribution < -0.4 is 11.3 Å². The smallest absolute Gasteiger partial charge is 0.0596 e. The number of benzene rings is 1. The maximum atomic E-state index is 6.29. The lowest BCUT2D eigenvalue weighted by atomic mass is 10.0. The fourth-order valence-electron chi connectivity index (χ4n) is 1.78. The summed E-state index contributed by atoms with van der Waals surface area (Å²) in [5.41, 5.74) is 4.69. The molecule has 0 radical (unpaired) electrons. The molecule has 1 atom stereocenters. The van der Waals surface area contributed by atoms with Gasteiger partial charge in [-0.2, -0.15) is 0 Å². The van der Waals surface area contributed by atoms with Crippen LogP contribution in [-0.2, 0) is 6.42 Å². The van der Waals surface area contributed by atoms with E-state index in [0.29, 0.717) is 11.4 Å². The molecule has 0 bridgehead atoms. The summed E-state index contributed by atoms with van der Waals surface area (Å²) in [7, 11) is 0. The number of hydrazine groups is 1. The SMILES string of the molecule is NNC(Cc1ccc(Br)cn1)c1cccc(Br)c1Cl. The van der Waals surface area contributed by atoms with Crippen LogP contribution in [0, 0.1) is 0 Å². The number of hydrogen-bond donors (Lipinski definition) is 2. The lowest BCUT2D eigenvalue weighted by Crippen LogP contribution is -2.30. The maximum Gasteiger partial charge on any atom is 0.0596 e. The molecular weight excluding hydrogens is 393 g/mol. The minimum Gasteiger partial charge on any atom is -0.271 e. The number of hydrogen-bond acceptors (Lipinski definition) is 3. The molecule has 0 saturated heterocycles. The van der Waals surface area contributed by atoms with Gasteiger partial charge in [0, 0.05) is 27.3 Å². The molecule has 3 nitrogen and oxygen atoms in total. The molecule has 0 fully saturated rings. The van der Waals surface area contributed by atoms with Crippen molar-refractivity contribution in [3.63, 3.8) is 0 Å². The van der Waals surface area contributed by atoms with Crippen molar-refractivity contribution < 1.29 is 0 Å². The number of nitrogens with one attached hydrogen (secondary N) is 1. The molecule has 1 aromatic heterocycles. The molecule has 19 heavy (non-hydrogen) atoms. The minimum atomic E-state index is -0.0846. The van der Waals surface area contributed by atoms with E-state index in [1.54, 1.807) is 6.20 Å². The first-order valence-corrected chi connectivity index (χ1v) is 7.58. The highest BCUT2D eigenvalue weighted by atomic mass is 79.9. The predicted molar refractivity (Wildman–Crippen MR) is 84.9 cm³/mol. The van der Waals surface area contributed by atoms with Gasteiger partial charge in [-0.05, 0) is 55.6 Å². The Labute approximate surface area is 133 Å². The summed E-state index contributed by atoms with van der Waals surface area (Å²) in [4.78, 5) is 4.35. The van der Waals surface area contributed by atoms with E-state index in [1.807, 2.05) is 30.3 Å². The van der Waals surface area contributed by atoms with Crippen LogP contribution in [0.2, 0.25) is 5.02 Å². The van der Waals surface area contributed by atoms with Crippen molar-refractivity contribution in [1.82, 2.24) is 10.4 Å². The third-order valence-electron chi connectivity index (χ3n) is 2.76. The van der Waals surface area contributed by atoms with Gasteiger partial charge < -0.3 is 0 Å². The second kappa shape index (κ2) is 6.81. The molecule has 3 N–H and O–H groups in total. The van der Waals surface area contributed by atoms with Gasteiger partial charge in [0.25, 0.3) is 0 Å². The summed E-state index contributed by atoms with van der Waals surface area (Å²) in [5.74, 6) is 5.64. The van der Waals surface area contributed by atoms with Crippen LogP contribution in [0.3, 0.4) is 0 Å². The number of halogens is 3. The molecule has 1 heterocycles. The zero-order chi connectivity index (χ0) is 13.8. The molecule has 0 aliphatic carbocycles. The largest absolute Gasteiger partial charge is 0.271 e. The van der Waals surface area contributed by atoms with E-state index in [4.69, 9.17) is 17.4 Å². The van der Waals surface area contributed by atoms with E-state index in [2.05, 4.69) is 42.3 Å². The number of nitrogens with two attached hydrogens (primary N) is 1. The zero-order valence-corrected chi connectivity index (χ0v) is 13.8. The van der Waals surface area contributed by atoms with Gasteiger partial charge in [-0.15, -0.1) is 0 Å². The quantitative estimate of drug-likeness (QED) is 0.597. The third-order valence-corrected chi connectivity index (χ3v) is 4.54. The second-order valence-electron chi connectivity index (χ2n) is 4.03. The maximum absolute atomic E-state index is 6.29. The number of rotatable bonds is 4. The van der Waals surface area contributed by atoms with Gasteiger partial charge in [-0.25, -0.2) is 0 Å². The summed E-state index contributed by atoms with van der Waals surface area (Å²) in [5, 5.41) is 0.669. The van der Waals surface area contributed by atoms with Crippen molar-refractivity contribution in [2.75, 3.05) is 0 Å². The second-order valence-corrected chi connectivity index (χ2v) is 6.18. The van der Waals surface area contributed by atoms with Crippen LogP contribution in [0.15, 0.2) is 45.5 Å². The molecule has 0 aliphatic rings.